The zero-order valence-corrected chi connectivity index (χ0v) is 15.3. The summed E-state index contributed by atoms with van der Waals surface area (Å²) in [5.74, 6) is 0.529. The van der Waals surface area contributed by atoms with Crippen molar-refractivity contribution >= 4 is 11.8 Å². The Labute approximate surface area is 153 Å². The minimum absolute atomic E-state index is 0.0342. The van der Waals surface area contributed by atoms with E-state index in [1.165, 1.54) is 5.56 Å². The molecule has 3 aromatic rings. The third-order valence-electron chi connectivity index (χ3n) is 4.40. The molecule has 134 valence electrons. The SMILES string of the molecule is Cc1ccc(C(C)N(C)C(=O)Nc2ccn(Cc3cccnc3)n2)cc1. The topological polar surface area (TPSA) is 63.1 Å². The third-order valence-corrected chi connectivity index (χ3v) is 4.40. The Morgan fingerprint density at radius 3 is 2.69 bits per heavy atom. The van der Waals surface area contributed by atoms with Crippen molar-refractivity contribution in [2.45, 2.75) is 26.4 Å². The first-order valence-corrected chi connectivity index (χ1v) is 8.55. The zero-order valence-electron chi connectivity index (χ0n) is 15.3. The smallest absolute Gasteiger partial charge is 0.321 e. The first-order chi connectivity index (χ1) is 12.5. The van der Waals surface area contributed by atoms with Crippen LogP contribution in [0.5, 0.6) is 0 Å². The Balaban J connectivity index is 1.61. The summed E-state index contributed by atoms with van der Waals surface area (Å²) in [6, 6.07) is 13.7. The number of rotatable bonds is 5. The molecule has 1 atom stereocenters. The Morgan fingerprint density at radius 2 is 2.00 bits per heavy atom. The molecule has 26 heavy (non-hydrogen) atoms. The Bertz CT molecular complexity index is 857. The lowest BCUT2D eigenvalue weighted by atomic mass is 10.1. The Morgan fingerprint density at radius 1 is 1.23 bits per heavy atom. The number of amides is 2. The molecule has 2 aromatic heterocycles. The van der Waals surface area contributed by atoms with E-state index in [1.54, 1.807) is 35.1 Å². The first-order valence-electron chi connectivity index (χ1n) is 8.55. The Hall–Kier alpha value is -3.15. The second-order valence-electron chi connectivity index (χ2n) is 6.39. The summed E-state index contributed by atoms with van der Waals surface area (Å²) >= 11 is 0. The van der Waals surface area contributed by atoms with E-state index >= 15 is 0 Å². The standard InChI is InChI=1S/C20H23N5O/c1-15-6-8-18(9-7-15)16(2)24(3)20(26)22-19-10-12-25(23-19)14-17-5-4-11-21-13-17/h4-13,16H,14H2,1-3H3,(H,22,23,26). The fraction of sp³-hybridized carbons (Fsp3) is 0.250. The molecular formula is C20H23N5O. The van der Waals surface area contributed by atoms with E-state index in [1.807, 2.05) is 44.3 Å². The number of aromatic nitrogens is 3. The van der Waals surface area contributed by atoms with Crippen molar-refractivity contribution in [3.63, 3.8) is 0 Å². The van der Waals surface area contributed by atoms with Gasteiger partial charge in [0.1, 0.15) is 0 Å². The van der Waals surface area contributed by atoms with Gasteiger partial charge in [0.25, 0.3) is 0 Å². The molecule has 0 saturated carbocycles. The highest BCUT2D eigenvalue weighted by atomic mass is 16.2. The average molecular weight is 349 g/mol. The normalized spacial score (nSPS) is 11.8. The van der Waals surface area contributed by atoms with Crippen molar-refractivity contribution in [1.82, 2.24) is 19.7 Å². The molecule has 0 bridgehead atoms. The number of pyridine rings is 1. The fourth-order valence-electron chi connectivity index (χ4n) is 2.64. The zero-order chi connectivity index (χ0) is 18.5. The number of benzene rings is 1. The number of nitrogens with zero attached hydrogens (tertiary/aromatic N) is 4. The van der Waals surface area contributed by atoms with Crippen LogP contribution in [0.1, 0.15) is 29.7 Å². The quantitative estimate of drug-likeness (QED) is 0.761. The largest absolute Gasteiger partial charge is 0.323 e. The third kappa shape index (κ3) is 4.27. The van der Waals surface area contributed by atoms with Gasteiger partial charge in [-0.15, -0.1) is 0 Å². The van der Waals surface area contributed by atoms with Crippen molar-refractivity contribution in [1.29, 1.82) is 0 Å². The predicted molar refractivity (Wildman–Crippen MR) is 102 cm³/mol. The van der Waals surface area contributed by atoms with Crippen LogP contribution < -0.4 is 5.32 Å². The molecule has 0 saturated heterocycles. The number of aryl methyl sites for hydroxylation is 1. The van der Waals surface area contributed by atoms with E-state index in [0.29, 0.717) is 12.4 Å². The molecule has 1 N–H and O–H groups in total. The summed E-state index contributed by atoms with van der Waals surface area (Å²) in [6.45, 7) is 4.66. The van der Waals surface area contributed by atoms with Crippen molar-refractivity contribution < 1.29 is 4.79 Å². The highest BCUT2D eigenvalue weighted by Crippen LogP contribution is 2.20. The van der Waals surface area contributed by atoms with Gasteiger partial charge in [0.05, 0.1) is 12.6 Å². The van der Waals surface area contributed by atoms with E-state index < -0.39 is 0 Å². The van der Waals surface area contributed by atoms with Crippen LogP contribution in [0.2, 0.25) is 0 Å². The lowest BCUT2D eigenvalue weighted by Gasteiger charge is -2.25. The molecule has 0 radical (unpaired) electrons. The summed E-state index contributed by atoms with van der Waals surface area (Å²) in [4.78, 5) is 18.3. The average Bonchev–Trinajstić information content (AvgIpc) is 3.08. The van der Waals surface area contributed by atoms with Crippen molar-refractivity contribution in [2.24, 2.45) is 0 Å². The van der Waals surface area contributed by atoms with Crippen molar-refractivity contribution in [2.75, 3.05) is 12.4 Å². The van der Waals surface area contributed by atoms with Crippen LogP contribution in [0.4, 0.5) is 10.6 Å². The number of anilines is 1. The van der Waals surface area contributed by atoms with Crippen LogP contribution >= 0.6 is 0 Å². The van der Waals surface area contributed by atoms with E-state index in [9.17, 15) is 4.79 Å². The van der Waals surface area contributed by atoms with Gasteiger partial charge in [-0.2, -0.15) is 5.10 Å². The molecule has 3 rings (SSSR count). The molecule has 2 heterocycles. The highest BCUT2D eigenvalue weighted by molar-refractivity contribution is 5.88. The molecule has 0 aliphatic carbocycles. The summed E-state index contributed by atoms with van der Waals surface area (Å²) in [7, 11) is 1.78. The molecule has 1 aromatic carbocycles. The molecule has 6 nitrogen and oxygen atoms in total. The maximum atomic E-state index is 12.5. The molecule has 2 amide bonds. The number of carbonyl (C=O) groups excluding carboxylic acids is 1. The van der Waals surface area contributed by atoms with Gasteiger partial charge in [0.15, 0.2) is 5.82 Å². The molecule has 0 aliphatic heterocycles. The molecule has 6 heteroatoms. The van der Waals surface area contributed by atoms with Gasteiger partial charge in [-0.3, -0.25) is 15.0 Å². The van der Waals surface area contributed by atoms with Gasteiger partial charge in [0.2, 0.25) is 0 Å². The maximum Gasteiger partial charge on any atom is 0.323 e. The van der Waals surface area contributed by atoms with Gasteiger partial charge >= 0.3 is 6.03 Å². The summed E-state index contributed by atoms with van der Waals surface area (Å²) in [5, 5.41) is 7.25. The van der Waals surface area contributed by atoms with Gasteiger partial charge < -0.3 is 4.90 Å². The molecule has 0 aliphatic rings. The van der Waals surface area contributed by atoms with Gasteiger partial charge in [0, 0.05) is 31.7 Å². The van der Waals surface area contributed by atoms with Crippen molar-refractivity contribution in [3.05, 3.63) is 77.7 Å². The van der Waals surface area contributed by atoms with Crippen LogP contribution in [-0.4, -0.2) is 32.7 Å². The number of hydrogen-bond acceptors (Lipinski definition) is 3. The van der Waals surface area contributed by atoms with Crippen molar-refractivity contribution in [3.8, 4) is 0 Å². The highest BCUT2D eigenvalue weighted by Gasteiger charge is 2.18. The lowest BCUT2D eigenvalue weighted by Crippen LogP contribution is -2.33. The number of urea groups is 1. The Kier molecular flexibility index (Phi) is 5.31. The maximum absolute atomic E-state index is 12.5. The van der Waals surface area contributed by atoms with E-state index in [0.717, 1.165) is 11.1 Å². The second kappa shape index (κ2) is 7.82. The monoisotopic (exact) mass is 349 g/mol. The molecule has 0 fully saturated rings. The van der Waals surface area contributed by atoms with Crippen LogP contribution in [0.25, 0.3) is 0 Å². The molecule has 1 unspecified atom stereocenters. The van der Waals surface area contributed by atoms with E-state index in [4.69, 9.17) is 0 Å². The summed E-state index contributed by atoms with van der Waals surface area (Å²) in [5.41, 5.74) is 3.35. The minimum Gasteiger partial charge on any atom is -0.321 e. The van der Waals surface area contributed by atoms with Crippen LogP contribution in [0.15, 0.2) is 61.1 Å². The van der Waals surface area contributed by atoms with Crippen LogP contribution in [0.3, 0.4) is 0 Å². The lowest BCUT2D eigenvalue weighted by molar-refractivity contribution is 0.208. The summed E-state index contributed by atoms with van der Waals surface area (Å²) in [6.07, 6.45) is 5.38. The number of carbonyl (C=O) groups is 1. The number of hydrogen-bond donors (Lipinski definition) is 1. The first kappa shape index (κ1) is 17.7. The van der Waals surface area contributed by atoms with Gasteiger partial charge in [-0.05, 0) is 31.0 Å². The predicted octanol–water partition coefficient (Wildman–Crippen LogP) is 3.86. The van der Waals surface area contributed by atoms with E-state index in [2.05, 4.69) is 27.5 Å². The van der Waals surface area contributed by atoms with Gasteiger partial charge in [-0.1, -0.05) is 35.9 Å². The molecular weight excluding hydrogens is 326 g/mol. The second-order valence-corrected chi connectivity index (χ2v) is 6.39. The van der Waals surface area contributed by atoms with Gasteiger partial charge in [-0.25, -0.2) is 4.79 Å². The molecule has 0 spiro atoms. The van der Waals surface area contributed by atoms with Crippen LogP contribution in [-0.2, 0) is 6.54 Å². The minimum atomic E-state index is -0.190. The van der Waals surface area contributed by atoms with E-state index in [-0.39, 0.29) is 12.1 Å². The summed E-state index contributed by atoms with van der Waals surface area (Å²) < 4.78 is 1.77. The fourth-order valence-corrected chi connectivity index (χ4v) is 2.64. The number of nitrogens with one attached hydrogen (secondary N) is 1. The van der Waals surface area contributed by atoms with Crippen LogP contribution in [0, 0.1) is 6.92 Å².